The molecule has 23 heavy (non-hydrogen) atoms. The first kappa shape index (κ1) is 17.5. The van der Waals surface area contributed by atoms with Crippen LogP contribution in [0.2, 0.25) is 0 Å². The molecule has 0 saturated heterocycles. The Kier molecular flexibility index (Phi) is 4.82. The van der Waals surface area contributed by atoms with Crippen molar-refractivity contribution in [1.29, 1.82) is 0 Å². The van der Waals surface area contributed by atoms with Gasteiger partial charge in [0.15, 0.2) is 0 Å². The molecule has 0 fully saturated rings. The molecule has 5 heteroatoms. The van der Waals surface area contributed by atoms with Crippen LogP contribution in [0.25, 0.3) is 10.9 Å². The van der Waals surface area contributed by atoms with Gasteiger partial charge < -0.3 is 20.5 Å². The molecular weight excluding hydrogens is 292 g/mol. The lowest BCUT2D eigenvalue weighted by Gasteiger charge is -2.20. The van der Waals surface area contributed by atoms with Crippen LogP contribution in [0.4, 0.5) is 0 Å². The number of carboxylic acids is 1. The molecule has 2 aromatic rings. The zero-order valence-electron chi connectivity index (χ0n) is 14.3. The minimum absolute atomic E-state index is 0.173. The van der Waals surface area contributed by atoms with Crippen molar-refractivity contribution in [1.82, 2.24) is 4.57 Å². The highest BCUT2D eigenvalue weighted by molar-refractivity contribution is 6.04. The maximum absolute atomic E-state index is 11.8. The van der Waals surface area contributed by atoms with Gasteiger partial charge in [0, 0.05) is 23.7 Å². The second kappa shape index (κ2) is 6.34. The van der Waals surface area contributed by atoms with Gasteiger partial charge in [-0.2, -0.15) is 0 Å². The van der Waals surface area contributed by atoms with E-state index in [1.54, 1.807) is 13.0 Å². The van der Waals surface area contributed by atoms with Crippen molar-refractivity contribution in [3.8, 4) is 0 Å². The standard InChI is InChI=1S/C18H26N2O3/c1-11(21)15-10-20(7-5-6-19)16-13(15)8-12(18(2,3)4)9-14(16)17(22)23/h8-11,21H,5-7,19H2,1-4H3,(H,22,23). The summed E-state index contributed by atoms with van der Waals surface area (Å²) >= 11 is 0. The number of aryl methyl sites for hydroxylation is 1. The Hall–Kier alpha value is -1.85. The molecule has 0 aliphatic rings. The van der Waals surface area contributed by atoms with Crippen LogP contribution >= 0.6 is 0 Å². The third kappa shape index (κ3) is 3.41. The van der Waals surface area contributed by atoms with E-state index in [4.69, 9.17) is 5.73 Å². The summed E-state index contributed by atoms with van der Waals surface area (Å²) in [6, 6.07) is 3.75. The largest absolute Gasteiger partial charge is 0.478 e. The highest BCUT2D eigenvalue weighted by Gasteiger charge is 2.23. The fourth-order valence-electron chi connectivity index (χ4n) is 2.83. The lowest BCUT2D eigenvalue weighted by molar-refractivity contribution is 0.0698. The number of carbonyl (C=O) groups is 1. The van der Waals surface area contributed by atoms with Gasteiger partial charge >= 0.3 is 5.97 Å². The molecule has 1 aromatic carbocycles. The van der Waals surface area contributed by atoms with Crippen LogP contribution < -0.4 is 5.73 Å². The van der Waals surface area contributed by atoms with Gasteiger partial charge in [-0.15, -0.1) is 0 Å². The molecule has 0 saturated carbocycles. The third-order valence-electron chi connectivity index (χ3n) is 4.15. The number of aliphatic hydroxyl groups excluding tert-OH is 1. The summed E-state index contributed by atoms with van der Waals surface area (Å²) in [4.78, 5) is 11.8. The van der Waals surface area contributed by atoms with Crippen LogP contribution in [-0.4, -0.2) is 27.3 Å². The molecule has 0 aliphatic heterocycles. The molecule has 1 heterocycles. The summed E-state index contributed by atoms with van der Waals surface area (Å²) in [6.07, 6.45) is 1.95. The Bertz CT molecular complexity index is 724. The fourth-order valence-corrected chi connectivity index (χ4v) is 2.83. The first-order valence-electron chi connectivity index (χ1n) is 7.95. The molecule has 0 amide bonds. The normalized spacial score (nSPS) is 13.5. The van der Waals surface area contributed by atoms with Gasteiger partial charge in [-0.25, -0.2) is 4.79 Å². The number of aromatic carboxylic acids is 1. The Labute approximate surface area is 136 Å². The predicted molar refractivity (Wildman–Crippen MR) is 91.9 cm³/mol. The van der Waals surface area contributed by atoms with Crippen LogP contribution in [0.1, 0.15) is 61.7 Å². The summed E-state index contributed by atoms with van der Waals surface area (Å²) in [6.45, 7) is 9.01. The molecule has 1 unspecified atom stereocenters. The molecule has 1 atom stereocenters. The maximum atomic E-state index is 11.8. The number of rotatable bonds is 5. The molecule has 0 spiro atoms. The van der Waals surface area contributed by atoms with Crippen LogP contribution in [-0.2, 0) is 12.0 Å². The summed E-state index contributed by atoms with van der Waals surface area (Å²) in [5, 5.41) is 20.6. The summed E-state index contributed by atoms with van der Waals surface area (Å²) in [5.41, 5.74) is 8.05. The number of nitrogens with zero attached hydrogens (tertiary/aromatic N) is 1. The van der Waals surface area contributed by atoms with Crippen molar-refractivity contribution in [3.63, 3.8) is 0 Å². The van der Waals surface area contributed by atoms with Crippen molar-refractivity contribution < 1.29 is 15.0 Å². The minimum atomic E-state index is -0.953. The monoisotopic (exact) mass is 318 g/mol. The number of carboxylic acid groups (broad SMARTS) is 1. The zero-order valence-corrected chi connectivity index (χ0v) is 14.3. The lowest BCUT2D eigenvalue weighted by Crippen LogP contribution is -2.14. The van der Waals surface area contributed by atoms with E-state index < -0.39 is 12.1 Å². The molecule has 0 bridgehead atoms. The molecule has 0 radical (unpaired) electrons. The van der Waals surface area contributed by atoms with Crippen LogP contribution in [0, 0.1) is 0 Å². The SMILES string of the molecule is CC(O)c1cn(CCCN)c2c(C(=O)O)cc(C(C)(C)C)cc12. The average Bonchev–Trinajstić information content (AvgIpc) is 2.82. The van der Waals surface area contributed by atoms with Crippen molar-refractivity contribution in [3.05, 3.63) is 35.0 Å². The van der Waals surface area contributed by atoms with Crippen LogP contribution in [0.3, 0.4) is 0 Å². The van der Waals surface area contributed by atoms with Gasteiger partial charge in [-0.3, -0.25) is 0 Å². The van der Waals surface area contributed by atoms with E-state index in [1.807, 2.05) is 37.6 Å². The summed E-state index contributed by atoms with van der Waals surface area (Å²) in [7, 11) is 0. The molecule has 4 N–H and O–H groups in total. The predicted octanol–water partition coefficient (Wildman–Crippen LogP) is 3.04. The van der Waals surface area contributed by atoms with E-state index in [0.717, 1.165) is 22.9 Å². The van der Waals surface area contributed by atoms with Crippen molar-refractivity contribution in [2.24, 2.45) is 5.73 Å². The van der Waals surface area contributed by atoms with E-state index in [9.17, 15) is 15.0 Å². The number of benzene rings is 1. The fraction of sp³-hybridized carbons (Fsp3) is 0.500. The number of nitrogens with two attached hydrogens (primary N) is 1. The van der Waals surface area contributed by atoms with Gasteiger partial charge in [0.25, 0.3) is 0 Å². The third-order valence-corrected chi connectivity index (χ3v) is 4.15. The second-order valence-electron chi connectivity index (χ2n) is 7.07. The molecule has 1 aromatic heterocycles. The Morgan fingerprint density at radius 1 is 1.35 bits per heavy atom. The quantitative estimate of drug-likeness (QED) is 0.790. The summed E-state index contributed by atoms with van der Waals surface area (Å²) in [5.74, 6) is -0.953. The van der Waals surface area contributed by atoms with Gasteiger partial charge in [0.05, 0.1) is 17.2 Å². The van der Waals surface area contributed by atoms with Gasteiger partial charge in [-0.1, -0.05) is 20.8 Å². The highest BCUT2D eigenvalue weighted by Crippen LogP contribution is 2.34. The molecule has 5 nitrogen and oxygen atoms in total. The van der Waals surface area contributed by atoms with Crippen molar-refractivity contribution in [2.75, 3.05) is 6.54 Å². The molecular formula is C18H26N2O3. The maximum Gasteiger partial charge on any atom is 0.337 e. The van der Waals surface area contributed by atoms with E-state index in [2.05, 4.69) is 0 Å². The number of hydrogen-bond donors (Lipinski definition) is 3. The number of aliphatic hydroxyl groups is 1. The average molecular weight is 318 g/mol. The van der Waals surface area contributed by atoms with Crippen molar-refractivity contribution in [2.45, 2.75) is 52.2 Å². The summed E-state index contributed by atoms with van der Waals surface area (Å²) < 4.78 is 1.90. The molecule has 2 rings (SSSR count). The van der Waals surface area contributed by atoms with Gasteiger partial charge in [0.1, 0.15) is 0 Å². The molecule has 0 aliphatic carbocycles. The number of fused-ring (bicyclic) bond motifs is 1. The highest BCUT2D eigenvalue weighted by atomic mass is 16.4. The second-order valence-corrected chi connectivity index (χ2v) is 7.07. The minimum Gasteiger partial charge on any atom is -0.478 e. The molecule has 126 valence electrons. The lowest BCUT2D eigenvalue weighted by atomic mass is 9.84. The Morgan fingerprint density at radius 3 is 2.48 bits per heavy atom. The van der Waals surface area contributed by atoms with Gasteiger partial charge in [-0.05, 0) is 43.0 Å². The van der Waals surface area contributed by atoms with Crippen LogP contribution in [0.15, 0.2) is 18.3 Å². The van der Waals surface area contributed by atoms with Crippen LogP contribution in [0.5, 0.6) is 0 Å². The Morgan fingerprint density at radius 2 is 2.00 bits per heavy atom. The topological polar surface area (TPSA) is 88.5 Å². The number of aromatic nitrogens is 1. The number of hydrogen-bond acceptors (Lipinski definition) is 3. The first-order valence-corrected chi connectivity index (χ1v) is 7.95. The van der Waals surface area contributed by atoms with E-state index >= 15 is 0 Å². The van der Waals surface area contributed by atoms with E-state index in [0.29, 0.717) is 18.6 Å². The van der Waals surface area contributed by atoms with E-state index in [-0.39, 0.29) is 11.0 Å². The van der Waals surface area contributed by atoms with E-state index in [1.165, 1.54) is 0 Å². The smallest absolute Gasteiger partial charge is 0.337 e. The zero-order chi connectivity index (χ0) is 17.4. The first-order chi connectivity index (χ1) is 10.7. The Balaban J connectivity index is 2.83. The van der Waals surface area contributed by atoms with Crippen molar-refractivity contribution >= 4 is 16.9 Å². The van der Waals surface area contributed by atoms with Gasteiger partial charge in [0.2, 0.25) is 0 Å².